The van der Waals surface area contributed by atoms with E-state index in [0.29, 0.717) is 0 Å². The molecule has 51 heavy (non-hydrogen) atoms. The minimum Gasteiger partial charge on any atom is -0.512 e. The molecule has 0 bridgehead atoms. The molecule has 0 spiro atoms. The first-order chi connectivity index (χ1) is 23.6. The summed E-state index contributed by atoms with van der Waals surface area (Å²) in [6.45, 7) is 23.4. The fraction of sp³-hybridized carbons (Fsp3) is 0.465. The van der Waals surface area contributed by atoms with Gasteiger partial charge in [0, 0.05) is 67.1 Å². The Labute approximate surface area is 330 Å². The summed E-state index contributed by atoms with van der Waals surface area (Å²) in [4.78, 5) is 23.2. The van der Waals surface area contributed by atoms with E-state index in [4.69, 9.17) is 9.97 Å². The van der Waals surface area contributed by atoms with Gasteiger partial charge in [0.25, 0.3) is 0 Å². The van der Waals surface area contributed by atoms with Crippen LogP contribution in [0.2, 0.25) is 0 Å². The predicted molar refractivity (Wildman–Crippen MR) is 220 cm³/mol. The maximum absolute atomic E-state index is 12.2. The van der Waals surface area contributed by atoms with Crippen LogP contribution in [0.3, 0.4) is 0 Å². The largest absolute Gasteiger partial charge is 0.512 e. The molecule has 0 atom stereocenters. The van der Waals surface area contributed by atoms with Crippen LogP contribution in [0, 0.1) is 23.8 Å². The normalized spacial score (nSPS) is 12.8. The van der Waals surface area contributed by atoms with Crippen molar-refractivity contribution in [3.8, 4) is 11.3 Å². The minimum absolute atomic E-state index is 0. The van der Waals surface area contributed by atoms with Crippen LogP contribution in [-0.4, -0.2) is 20.9 Å². The number of fused-ring (bicyclic) bond motifs is 5. The molecule has 4 aromatic heterocycles. The van der Waals surface area contributed by atoms with Crippen molar-refractivity contribution < 1.29 is 30.0 Å². The number of aliphatic hydroxyl groups excluding tert-OH is 1. The number of hydrogen-bond acceptors (Lipinski definition) is 7. The number of benzene rings is 2. The van der Waals surface area contributed by atoms with Crippen LogP contribution in [0.15, 0.2) is 47.8 Å². The van der Waals surface area contributed by atoms with Gasteiger partial charge in [0.2, 0.25) is 0 Å². The van der Waals surface area contributed by atoms with Gasteiger partial charge < -0.3 is 5.11 Å². The van der Waals surface area contributed by atoms with E-state index >= 15 is 0 Å². The number of aliphatic hydroxyl groups is 1. The van der Waals surface area contributed by atoms with Crippen molar-refractivity contribution in [1.29, 1.82) is 0 Å². The SMILES string of the molecule is CCC(C)(CC)C(=O)/C=C(\O)C(C)(CC)CC.CCCc1c(C)sc2cc3sc4c(-c5[c-]c6ccsc6c(C(C)(C)C)c5)ncnc4c3cc12.[Ir]. The third-order valence-corrected chi connectivity index (χ3v) is 14.2. The number of aryl methyl sites for hydroxylation is 2. The number of ketones is 1. The second-order valence-electron chi connectivity index (χ2n) is 15.2. The fourth-order valence-corrected chi connectivity index (χ4v) is 9.94. The number of thiophene rings is 3. The van der Waals surface area contributed by atoms with Crippen LogP contribution in [0.25, 0.3) is 51.7 Å². The van der Waals surface area contributed by atoms with Crippen LogP contribution >= 0.6 is 34.0 Å². The summed E-state index contributed by atoms with van der Waals surface area (Å²) in [5.41, 5.74) is 5.42. The first-order valence-electron chi connectivity index (χ1n) is 18.1. The molecule has 1 radical (unpaired) electrons. The molecular formula is C43H53IrN2O2S3-. The van der Waals surface area contributed by atoms with E-state index < -0.39 is 0 Å². The molecule has 0 saturated carbocycles. The second-order valence-corrected chi connectivity index (χ2v) is 18.4. The molecule has 0 saturated heterocycles. The van der Waals surface area contributed by atoms with Crippen molar-refractivity contribution in [2.24, 2.45) is 10.8 Å². The van der Waals surface area contributed by atoms with E-state index in [1.807, 2.05) is 64.2 Å². The number of nitrogens with zero attached hydrogens (tertiary/aromatic N) is 2. The van der Waals surface area contributed by atoms with Gasteiger partial charge in [-0.3, -0.25) is 9.78 Å². The van der Waals surface area contributed by atoms with Crippen molar-refractivity contribution >= 4 is 80.3 Å². The Balaban J connectivity index is 0.000000279. The maximum atomic E-state index is 12.2. The molecule has 6 aromatic rings. The van der Waals surface area contributed by atoms with Crippen molar-refractivity contribution in [3.05, 3.63) is 69.9 Å². The first-order valence-corrected chi connectivity index (χ1v) is 20.6. The van der Waals surface area contributed by atoms with E-state index in [1.54, 1.807) is 17.7 Å². The van der Waals surface area contributed by atoms with Gasteiger partial charge in [0.1, 0.15) is 12.1 Å². The average molecular weight is 918 g/mol. The van der Waals surface area contributed by atoms with E-state index in [-0.39, 0.29) is 47.9 Å². The Morgan fingerprint density at radius 3 is 2.12 bits per heavy atom. The molecule has 2 aromatic carbocycles. The summed E-state index contributed by atoms with van der Waals surface area (Å²) < 4.78 is 5.15. The summed E-state index contributed by atoms with van der Waals surface area (Å²) in [7, 11) is 0. The molecule has 0 amide bonds. The fourth-order valence-electron chi connectivity index (χ4n) is 6.47. The summed E-state index contributed by atoms with van der Waals surface area (Å²) in [5.74, 6) is 0.286. The topological polar surface area (TPSA) is 63.1 Å². The van der Waals surface area contributed by atoms with Crippen LogP contribution < -0.4 is 0 Å². The quantitative estimate of drug-likeness (QED) is 0.0845. The summed E-state index contributed by atoms with van der Waals surface area (Å²) >= 11 is 5.53. The van der Waals surface area contributed by atoms with E-state index in [9.17, 15) is 9.90 Å². The molecular weight excluding hydrogens is 865 g/mol. The number of carbonyl (C=O) groups excluding carboxylic acids is 1. The molecule has 0 aliphatic heterocycles. The van der Waals surface area contributed by atoms with Gasteiger partial charge in [-0.2, -0.15) is 11.3 Å². The molecule has 0 fully saturated rings. The molecule has 275 valence electrons. The molecule has 0 aliphatic rings. The Hall–Kier alpha value is -2.48. The number of rotatable bonds is 10. The van der Waals surface area contributed by atoms with Crippen molar-refractivity contribution in [2.75, 3.05) is 0 Å². The first kappa shape index (κ1) is 41.3. The van der Waals surface area contributed by atoms with Crippen molar-refractivity contribution in [2.45, 2.75) is 120 Å². The number of carbonyl (C=O) groups is 1. The van der Waals surface area contributed by atoms with Crippen LogP contribution in [0.5, 0.6) is 0 Å². The third kappa shape index (κ3) is 8.06. The Kier molecular flexibility index (Phi) is 13.2. The summed E-state index contributed by atoms with van der Waals surface area (Å²) in [6, 6.07) is 12.9. The van der Waals surface area contributed by atoms with Crippen LogP contribution in [-0.2, 0) is 36.7 Å². The average Bonchev–Trinajstić information content (AvgIpc) is 3.80. The van der Waals surface area contributed by atoms with E-state index in [2.05, 4.69) is 70.3 Å². The van der Waals surface area contributed by atoms with Crippen molar-refractivity contribution in [1.82, 2.24) is 9.97 Å². The molecule has 0 unspecified atom stereocenters. The van der Waals surface area contributed by atoms with Gasteiger partial charge in [0.15, 0.2) is 5.78 Å². The maximum Gasteiger partial charge on any atom is 0.164 e. The predicted octanol–water partition coefficient (Wildman–Crippen LogP) is 13.9. The van der Waals surface area contributed by atoms with Crippen LogP contribution in [0.1, 0.15) is 117 Å². The van der Waals surface area contributed by atoms with Gasteiger partial charge in [-0.15, -0.1) is 46.3 Å². The molecule has 0 aliphatic carbocycles. The zero-order valence-corrected chi connectivity index (χ0v) is 36.9. The number of hydrogen-bond donors (Lipinski definition) is 1. The van der Waals surface area contributed by atoms with Crippen LogP contribution in [0.4, 0.5) is 0 Å². The van der Waals surface area contributed by atoms with E-state index in [1.165, 1.54) is 58.8 Å². The Morgan fingerprint density at radius 2 is 1.51 bits per heavy atom. The smallest absolute Gasteiger partial charge is 0.164 e. The molecule has 8 heteroatoms. The second kappa shape index (κ2) is 16.3. The summed E-state index contributed by atoms with van der Waals surface area (Å²) in [6.07, 6.45) is 8.77. The number of allylic oxidation sites excluding steroid dienone is 2. The molecule has 4 heterocycles. The standard InChI is InChI=1S/C28H25N2S3.C15H28O2.Ir/c1-6-7-18-15(2)32-22-13-23-20(12-19(18)22)25-27(33-23)24(29-14-30-25)17-10-16-8-9-31-26(16)21(11-17)28(3,4)5;1-7-14(5,8-2)12(16)11-13(17)15(6,9-3)10-4;/h8-9,11-14H,6-7H2,1-5H3;11,16H,7-10H2,1-6H3;/q-1;;/b;12-11-;. The van der Waals surface area contributed by atoms with E-state index in [0.717, 1.165) is 53.6 Å². The molecule has 1 N–H and O–H groups in total. The van der Waals surface area contributed by atoms with Crippen molar-refractivity contribution in [3.63, 3.8) is 0 Å². The number of aromatic nitrogens is 2. The monoisotopic (exact) mass is 918 g/mol. The third-order valence-electron chi connectivity index (χ3n) is 11.0. The van der Waals surface area contributed by atoms with Gasteiger partial charge in [-0.1, -0.05) is 86.8 Å². The zero-order chi connectivity index (χ0) is 36.6. The van der Waals surface area contributed by atoms with Gasteiger partial charge >= 0.3 is 0 Å². The van der Waals surface area contributed by atoms with Gasteiger partial charge in [-0.05, 0) is 77.6 Å². The zero-order valence-electron chi connectivity index (χ0n) is 32.1. The van der Waals surface area contributed by atoms with Gasteiger partial charge in [0.05, 0.1) is 5.52 Å². The minimum atomic E-state index is -0.337. The Bertz CT molecular complexity index is 2190. The summed E-state index contributed by atoms with van der Waals surface area (Å²) in [5, 5.41) is 16.1. The molecule has 6 rings (SSSR count). The van der Waals surface area contributed by atoms with Gasteiger partial charge in [-0.25, -0.2) is 4.98 Å². The molecule has 4 nitrogen and oxygen atoms in total. The Morgan fingerprint density at radius 1 is 0.863 bits per heavy atom.